The average molecular weight is 1050 g/mol. The van der Waals surface area contributed by atoms with Crippen molar-refractivity contribution in [3.05, 3.63) is 85.1 Å². The fourth-order valence-electron chi connectivity index (χ4n) is 7.22. The number of aliphatic hydroxyl groups is 5. The topological polar surface area (TPSA) is 276 Å². The molecule has 1 fully saturated rings. The van der Waals surface area contributed by atoms with Gasteiger partial charge in [0.05, 0.1) is 12.7 Å². The first-order chi connectivity index (χ1) is 34.0. The summed E-state index contributed by atoms with van der Waals surface area (Å²) in [6.07, 6.45) is 34.0. The maximum Gasteiger partial charge on any atom is 0.472 e. The normalized spacial score (nSPS) is 22.0. The van der Waals surface area contributed by atoms with E-state index < -0.39 is 89.6 Å². The van der Waals surface area contributed by atoms with E-state index in [0.29, 0.717) is 32.1 Å². The van der Waals surface area contributed by atoms with E-state index in [-0.39, 0.29) is 12.8 Å². The van der Waals surface area contributed by atoms with Crippen LogP contribution in [0.3, 0.4) is 0 Å². The lowest BCUT2D eigenvalue weighted by Gasteiger charge is -2.43. The number of rotatable bonds is 42. The Morgan fingerprint density at radius 2 is 1.00 bits per heavy atom. The van der Waals surface area contributed by atoms with Gasteiger partial charge in [-0.25, -0.2) is 9.13 Å². The van der Waals surface area contributed by atoms with Crippen LogP contribution >= 0.6 is 15.6 Å². The average Bonchev–Trinajstić information content (AvgIpc) is 3.32. The number of aliphatic hydroxyl groups excluding tert-OH is 5. The van der Waals surface area contributed by atoms with E-state index >= 15 is 0 Å². The van der Waals surface area contributed by atoms with Crippen LogP contribution in [0.15, 0.2) is 85.1 Å². The van der Waals surface area contributed by atoms with Gasteiger partial charge in [-0.2, -0.15) is 0 Å². The molecule has 1 saturated carbocycles. The second-order valence-electron chi connectivity index (χ2n) is 17.7. The molecule has 0 bridgehead atoms. The number of ether oxygens (including phenoxy) is 2. The molecule has 0 aromatic rings. The first kappa shape index (κ1) is 66.2. The summed E-state index contributed by atoms with van der Waals surface area (Å²) in [5.41, 5.74) is 0. The van der Waals surface area contributed by atoms with E-state index in [1.165, 1.54) is 38.5 Å². The van der Waals surface area contributed by atoms with Crippen LogP contribution < -0.4 is 0 Å². The predicted molar refractivity (Wildman–Crippen MR) is 275 cm³/mol. The molecule has 0 aliphatic heterocycles. The molecule has 408 valence electrons. The summed E-state index contributed by atoms with van der Waals surface area (Å²) in [6, 6.07) is 0. The van der Waals surface area contributed by atoms with Gasteiger partial charge >= 0.3 is 27.6 Å². The highest BCUT2D eigenvalue weighted by Gasteiger charge is 2.54. The summed E-state index contributed by atoms with van der Waals surface area (Å²) in [6.45, 7) is 2.94. The lowest BCUT2D eigenvalue weighted by atomic mass is 9.85. The number of esters is 2. The molecule has 71 heavy (non-hydrogen) atoms. The van der Waals surface area contributed by atoms with Gasteiger partial charge in [-0.3, -0.25) is 23.2 Å². The van der Waals surface area contributed by atoms with Gasteiger partial charge < -0.3 is 49.7 Å². The number of carbonyl (C=O) groups is 2. The van der Waals surface area contributed by atoms with Crippen LogP contribution in [-0.4, -0.2) is 114 Å². The highest BCUT2D eigenvalue weighted by Crippen LogP contribution is 2.49. The second kappa shape index (κ2) is 41.5. The Morgan fingerprint density at radius 3 is 1.61 bits per heavy atom. The van der Waals surface area contributed by atoms with Crippen molar-refractivity contribution >= 4 is 27.6 Å². The van der Waals surface area contributed by atoms with Gasteiger partial charge in [0.1, 0.15) is 43.2 Å². The second-order valence-corrected chi connectivity index (χ2v) is 20.3. The van der Waals surface area contributed by atoms with Crippen LogP contribution in [0.2, 0.25) is 0 Å². The lowest BCUT2D eigenvalue weighted by Crippen LogP contribution is -2.64. The Hall–Kier alpha value is -2.86. The molecule has 8 N–H and O–H groups in total. The lowest BCUT2D eigenvalue weighted by molar-refractivity contribution is -0.216. The molecule has 9 atom stereocenters. The van der Waals surface area contributed by atoms with Gasteiger partial charge in [-0.05, 0) is 83.5 Å². The van der Waals surface area contributed by atoms with Crippen molar-refractivity contribution in [2.24, 2.45) is 0 Å². The van der Waals surface area contributed by atoms with Crippen LogP contribution in [0.5, 0.6) is 0 Å². The predicted octanol–water partition coefficient (Wildman–Crippen LogP) is 9.54. The number of allylic oxidation sites excluding steroid dienone is 12. The highest BCUT2D eigenvalue weighted by molar-refractivity contribution is 7.47. The van der Waals surface area contributed by atoms with Crippen molar-refractivity contribution in [1.29, 1.82) is 0 Å². The minimum atomic E-state index is -5.39. The van der Waals surface area contributed by atoms with E-state index in [1.807, 2.05) is 36.5 Å². The van der Waals surface area contributed by atoms with E-state index in [4.69, 9.17) is 18.5 Å². The minimum Gasteiger partial charge on any atom is -0.462 e. The Labute approximate surface area is 423 Å². The van der Waals surface area contributed by atoms with Gasteiger partial charge in [0, 0.05) is 12.8 Å². The Kier molecular flexibility index (Phi) is 38.7. The van der Waals surface area contributed by atoms with Crippen LogP contribution in [0.1, 0.15) is 168 Å². The molecule has 0 radical (unpaired) electrons. The molecule has 19 heteroatoms. The van der Waals surface area contributed by atoms with Crippen LogP contribution in [-0.2, 0) is 41.8 Å². The molecule has 0 spiro atoms. The number of carbonyl (C=O) groups excluding carboxylic acids is 2. The number of hydrogen-bond donors (Lipinski definition) is 8. The zero-order valence-corrected chi connectivity index (χ0v) is 44.0. The maximum atomic E-state index is 13.0. The number of phosphoric ester groups is 2. The minimum absolute atomic E-state index is 0.000372. The third-order valence-corrected chi connectivity index (χ3v) is 12.8. The third-order valence-electron chi connectivity index (χ3n) is 11.3. The van der Waals surface area contributed by atoms with Gasteiger partial charge in [0.15, 0.2) is 6.10 Å². The zero-order chi connectivity index (χ0) is 52.6. The van der Waals surface area contributed by atoms with E-state index in [0.717, 1.165) is 70.6 Å². The van der Waals surface area contributed by atoms with Crippen molar-refractivity contribution in [2.75, 3.05) is 13.2 Å². The van der Waals surface area contributed by atoms with Crippen molar-refractivity contribution in [3.63, 3.8) is 0 Å². The summed E-state index contributed by atoms with van der Waals surface area (Å²) in [5.74, 6) is -1.33. The molecular formula is C52H88O17P2. The SMILES string of the molecule is CCCCC/C=C\C=C/[C@@H](O)C/C=C\C/C=C/CCCC(=O)OC[C@H](COP(=O)(O)O[C@H]1C(O)C(O)C(O)[C@@H](OP(=O)(O)O)C1O)OC(=O)CCCCCCCC/C=C\C/C=C\C/C=C\CCCCCC. The summed E-state index contributed by atoms with van der Waals surface area (Å²) >= 11 is 0. The smallest absolute Gasteiger partial charge is 0.462 e. The number of phosphoric acid groups is 2. The zero-order valence-electron chi connectivity index (χ0n) is 42.2. The molecule has 0 saturated heterocycles. The largest absolute Gasteiger partial charge is 0.472 e. The first-order valence-corrected chi connectivity index (χ1v) is 28.8. The monoisotopic (exact) mass is 1050 g/mol. The fraction of sp³-hybridized carbons (Fsp3) is 0.692. The van der Waals surface area contributed by atoms with Crippen LogP contribution in [0.25, 0.3) is 0 Å². The first-order valence-electron chi connectivity index (χ1n) is 25.7. The Balaban J connectivity index is 2.62. The summed E-state index contributed by atoms with van der Waals surface area (Å²) in [4.78, 5) is 54.4. The van der Waals surface area contributed by atoms with Gasteiger partial charge in [-0.15, -0.1) is 0 Å². The highest BCUT2D eigenvalue weighted by atomic mass is 31.2. The summed E-state index contributed by atoms with van der Waals surface area (Å²) in [5, 5.41) is 51.4. The van der Waals surface area contributed by atoms with Gasteiger partial charge in [0.2, 0.25) is 0 Å². The van der Waals surface area contributed by atoms with Crippen molar-refractivity contribution < 1.29 is 82.0 Å². The maximum absolute atomic E-state index is 13.0. The van der Waals surface area contributed by atoms with E-state index in [9.17, 15) is 58.9 Å². The Morgan fingerprint density at radius 1 is 0.521 bits per heavy atom. The standard InChI is InChI=1S/C52H88O17P2/c1-3-5-7-9-11-12-13-14-15-16-17-18-19-20-21-22-23-27-32-36-40-46(55)67-44(42-66-71(63,64)69-52-49(58)47(56)48(57)51(50(52)59)68-70(60,61)62)41-65-45(54)39-35-31-28-24-26-30-34-38-43(53)37-33-29-25-10-8-6-4-2/h12-13,15-16,18-19,24-25,28-30,33-34,37,43-44,47-53,56-59H,3-11,14,17,20-23,26-27,31-32,35-36,38-42H2,1-2H3,(H,63,64)(H2,60,61,62)/b13-12-,16-15-,19-18-,28-24+,29-25-,34-30-,37-33-/t43-,44-,47?,48?,49?,50?,51-,52+/m1/s1. The fourth-order valence-corrected chi connectivity index (χ4v) is 8.76. The van der Waals surface area contributed by atoms with Gasteiger partial charge in [-0.1, -0.05) is 157 Å². The number of hydrogen-bond acceptors (Lipinski definition) is 14. The van der Waals surface area contributed by atoms with E-state index in [2.05, 4.69) is 60.9 Å². The van der Waals surface area contributed by atoms with Gasteiger partial charge in [0.25, 0.3) is 0 Å². The van der Waals surface area contributed by atoms with Crippen molar-refractivity contribution in [1.82, 2.24) is 0 Å². The van der Waals surface area contributed by atoms with Crippen molar-refractivity contribution in [2.45, 2.75) is 217 Å². The van der Waals surface area contributed by atoms with Crippen molar-refractivity contribution in [3.8, 4) is 0 Å². The molecule has 1 rings (SSSR count). The molecule has 0 aromatic heterocycles. The molecule has 0 heterocycles. The molecular weight excluding hydrogens is 959 g/mol. The Bertz CT molecular complexity index is 1710. The molecule has 0 amide bonds. The summed E-state index contributed by atoms with van der Waals surface area (Å²) in [7, 11) is -10.7. The molecule has 1 aliphatic carbocycles. The van der Waals surface area contributed by atoms with Crippen LogP contribution in [0, 0.1) is 0 Å². The number of unbranched alkanes of at least 4 members (excludes halogenated alkanes) is 14. The van der Waals surface area contributed by atoms with Crippen LogP contribution in [0.4, 0.5) is 0 Å². The molecule has 0 aromatic carbocycles. The molecule has 1 aliphatic rings. The quantitative estimate of drug-likeness (QED) is 0.00929. The molecule has 5 unspecified atom stereocenters. The summed E-state index contributed by atoms with van der Waals surface area (Å²) < 4.78 is 49.4. The van der Waals surface area contributed by atoms with E-state index in [1.54, 1.807) is 6.08 Å². The third kappa shape index (κ3) is 35.9. The molecule has 17 nitrogen and oxygen atoms in total.